The second-order valence-electron chi connectivity index (χ2n) is 8.10. The van der Waals surface area contributed by atoms with E-state index in [1.807, 2.05) is 30.9 Å². The smallest absolute Gasteiger partial charge is 0.484 e. The lowest BCUT2D eigenvalue weighted by Crippen LogP contribution is -2.50. The summed E-state index contributed by atoms with van der Waals surface area (Å²) in [4.78, 5) is 13.0. The van der Waals surface area contributed by atoms with Crippen LogP contribution in [0.5, 0.6) is 11.5 Å². The Kier molecular flexibility index (Phi) is 4.71. The molecule has 0 amide bonds. The van der Waals surface area contributed by atoms with E-state index >= 15 is 0 Å². The number of nitrogens with one attached hydrogen (secondary N) is 1. The Hall–Kier alpha value is -3.10. The molecule has 0 bridgehead atoms. The molecule has 6 nitrogen and oxygen atoms in total. The molecule has 1 saturated heterocycles. The molecular weight excluding hydrogens is 401 g/mol. The lowest BCUT2D eigenvalue weighted by atomic mass is 9.96. The number of carbonyl (C=O) groups is 1. The third-order valence-electron chi connectivity index (χ3n) is 5.14. The van der Waals surface area contributed by atoms with Gasteiger partial charge in [-0.05, 0) is 37.6 Å². The molecule has 0 aromatic heterocycles. The van der Waals surface area contributed by atoms with Crippen LogP contribution in [-0.4, -0.2) is 42.7 Å². The lowest BCUT2D eigenvalue weighted by Gasteiger charge is -2.39. The summed E-state index contributed by atoms with van der Waals surface area (Å²) >= 11 is 0. The summed E-state index contributed by atoms with van der Waals surface area (Å²) in [6, 6.07) is 9.80. The van der Waals surface area contributed by atoms with Gasteiger partial charge in [-0.1, -0.05) is 12.1 Å². The number of carboxylic acids is 1. The van der Waals surface area contributed by atoms with Crippen molar-refractivity contribution in [2.24, 2.45) is 5.92 Å². The molecule has 0 unspecified atom stereocenters. The second-order valence-corrected chi connectivity index (χ2v) is 8.10. The zero-order valence-corrected chi connectivity index (χ0v) is 16.4. The molecule has 4 rings (SSSR count). The van der Waals surface area contributed by atoms with Crippen LogP contribution >= 0.6 is 0 Å². The Bertz CT molecular complexity index is 985. The number of halogens is 3. The van der Waals surface area contributed by atoms with E-state index in [1.54, 1.807) is 12.1 Å². The highest BCUT2D eigenvalue weighted by atomic mass is 19.4. The van der Waals surface area contributed by atoms with Gasteiger partial charge >= 0.3 is 12.3 Å². The predicted molar refractivity (Wildman–Crippen MR) is 105 cm³/mol. The summed E-state index contributed by atoms with van der Waals surface area (Å²) in [7, 11) is 0. The van der Waals surface area contributed by atoms with Gasteiger partial charge in [0.1, 0.15) is 17.1 Å². The molecule has 2 heterocycles. The first-order valence-electron chi connectivity index (χ1n) is 9.46. The van der Waals surface area contributed by atoms with Gasteiger partial charge in [-0.25, -0.2) is 0 Å². The number of anilines is 2. The van der Waals surface area contributed by atoms with Crippen molar-refractivity contribution in [3.05, 3.63) is 36.4 Å². The van der Waals surface area contributed by atoms with Gasteiger partial charge in [0.2, 0.25) is 0 Å². The fourth-order valence-corrected chi connectivity index (χ4v) is 3.62. The molecule has 0 spiro atoms. The average Bonchev–Trinajstić information content (AvgIpc) is 2.57. The van der Waals surface area contributed by atoms with Crippen LogP contribution in [0.1, 0.15) is 13.8 Å². The molecule has 30 heavy (non-hydrogen) atoms. The highest BCUT2D eigenvalue weighted by molar-refractivity contribution is 5.86. The Labute approximate surface area is 171 Å². The summed E-state index contributed by atoms with van der Waals surface area (Å²) in [6.07, 6.45) is -4.82. The Morgan fingerprint density at radius 2 is 2.00 bits per heavy atom. The number of aliphatic carboxylic acids is 1. The molecule has 9 heteroatoms. The molecule has 1 fully saturated rings. The van der Waals surface area contributed by atoms with Gasteiger partial charge in [0.05, 0.1) is 18.2 Å². The van der Waals surface area contributed by atoms with Crippen LogP contribution in [0, 0.1) is 5.92 Å². The first-order chi connectivity index (χ1) is 14.0. The van der Waals surface area contributed by atoms with Crippen molar-refractivity contribution in [1.29, 1.82) is 0 Å². The molecule has 2 aromatic carbocycles. The van der Waals surface area contributed by atoms with Crippen molar-refractivity contribution in [1.82, 2.24) is 0 Å². The first kappa shape index (κ1) is 20.2. The number of ether oxygens (including phenoxy) is 2. The maximum atomic E-state index is 12.9. The van der Waals surface area contributed by atoms with Crippen molar-refractivity contribution in [2.75, 3.05) is 29.9 Å². The number of hydrogen-bond acceptors (Lipinski definition) is 5. The predicted octanol–water partition coefficient (Wildman–Crippen LogP) is 4.36. The fourth-order valence-electron chi connectivity index (χ4n) is 3.62. The van der Waals surface area contributed by atoms with Crippen LogP contribution in [0.3, 0.4) is 0 Å². The standard InChI is InChI=1S/C21H21F3N2O4/c1-20(2)11-25-18-16(7-15(8-17(18)30-20)29-21(22,23)24)12-4-3-5-14(6-12)26-9-13(10-26)19(27)28/h3-8,13,25H,9-11H2,1-2H3,(H,27,28). The normalized spacial score (nSPS) is 18.0. The minimum atomic E-state index is -4.82. The monoisotopic (exact) mass is 422 g/mol. The van der Waals surface area contributed by atoms with Crippen LogP contribution in [0.15, 0.2) is 36.4 Å². The minimum Gasteiger partial charge on any atom is -0.484 e. The van der Waals surface area contributed by atoms with E-state index in [9.17, 15) is 18.0 Å². The highest BCUT2D eigenvalue weighted by Crippen LogP contribution is 2.45. The van der Waals surface area contributed by atoms with Crippen LogP contribution in [0.25, 0.3) is 11.1 Å². The Morgan fingerprint density at radius 1 is 1.27 bits per heavy atom. The van der Waals surface area contributed by atoms with E-state index in [2.05, 4.69) is 10.1 Å². The molecule has 2 aliphatic rings. The summed E-state index contributed by atoms with van der Waals surface area (Å²) in [5, 5.41) is 12.3. The van der Waals surface area contributed by atoms with Gasteiger partial charge in [-0.3, -0.25) is 4.79 Å². The number of nitrogens with zero attached hydrogens (tertiary/aromatic N) is 1. The fraction of sp³-hybridized carbons (Fsp3) is 0.381. The summed E-state index contributed by atoms with van der Waals surface area (Å²) in [5.41, 5.74) is 1.99. The average molecular weight is 422 g/mol. The van der Waals surface area contributed by atoms with E-state index in [-0.39, 0.29) is 11.5 Å². The van der Waals surface area contributed by atoms with Crippen LogP contribution < -0.4 is 19.7 Å². The van der Waals surface area contributed by atoms with E-state index in [0.29, 0.717) is 36.4 Å². The van der Waals surface area contributed by atoms with E-state index in [0.717, 1.165) is 5.69 Å². The van der Waals surface area contributed by atoms with Crippen molar-refractivity contribution in [3.8, 4) is 22.6 Å². The van der Waals surface area contributed by atoms with Crippen molar-refractivity contribution < 1.29 is 32.5 Å². The molecule has 160 valence electrons. The van der Waals surface area contributed by atoms with Crippen LogP contribution in [0.2, 0.25) is 0 Å². The Balaban J connectivity index is 1.72. The topological polar surface area (TPSA) is 71.0 Å². The molecule has 2 N–H and O–H groups in total. The minimum absolute atomic E-state index is 0.281. The van der Waals surface area contributed by atoms with Gasteiger partial charge in [0.15, 0.2) is 0 Å². The van der Waals surface area contributed by atoms with Crippen LogP contribution in [-0.2, 0) is 4.79 Å². The summed E-state index contributed by atoms with van der Waals surface area (Å²) in [5.74, 6) is -1.33. The number of rotatable bonds is 4. The van der Waals surface area contributed by atoms with Crippen molar-refractivity contribution in [3.63, 3.8) is 0 Å². The lowest BCUT2D eigenvalue weighted by molar-refractivity contribution is -0.274. The van der Waals surface area contributed by atoms with Gasteiger partial charge in [0.25, 0.3) is 0 Å². The molecule has 0 saturated carbocycles. The zero-order valence-electron chi connectivity index (χ0n) is 16.4. The summed E-state index contributed by atoms with van der Waals surface area (Å²) < 4.78 is 48.6. The van der Waals surface area contributed by atoms with Gasteiger partial charge in [0, 0.05) is 30.4 Å². The highest BCUT2D eigenvalue weighted by Gasteiger charge is 2.35. The quantitative estimate of drug-likeness (QED) is 0.763. The molecule has 0 atom stereocenters. The number of fused-ring (bicyclic) bond motifs is 1. The summed E-state index contributed by atoms with van der Waals surface area (Å²) in [6.45, 7) is 4.94. The maximum Gasteiger partial charge on any atom is 0.573 e. The van der Waals surface area contributed by atoms with E-state index in [4.69, 9.17) is 9.84 Å². The molecule has 0 aliphatic carbocycles. The van der Waals surface area contributed by atoms with Crippen molar-refractivity contribution >= 4 is 17.3 Å². The van der Waals surface area contributed by atoms with Gasteiger partial charge < -0.3 is 24.8 Å². The second kappa shape index (κ2) is 7.00. The number of benzene rings is 2. The third-order valence-corrected chi connectivity index (χ3v) is 5.14. The van der Waals surface area contributed by atoms with E-state index in [1.165, 1.54) is 12.1 Å². The zero-order chi connectivity index (χ0) is 21.7. The number of carboxylic acid groups (broad SMARTS) is 1. The molecule has 2 aliphatic heterocycles. The molecule has 2 aromatic rings. The van der Waals surface area contributed by atoms with Crippen LogP contribution in [0.4, 0.5) is 24.5 Å². The van der Waals surface area contributed by atoms with E-state index < -0.39 is 23.9 Å². The van der Waals surface area contributed by atoms with Crippen molar-refractivity contribution in [2.45, 2.75) is 25.8 Å². The van der Waals surface area contributed by atoms with Gasteiger partial charge in [-0.15, -0.1) is 13.2 Å². The number of hydrogen-bond donors (Lipinski definition) is 2. The SMILES string of the molecule is CC1(C)CNc2c(cc(OC(F)(F)F)cc2-c2cccc(N3CC(C(=O)O)C3)c2)O1. The maximum absolute atomic E-state index is 12.9. The molecular formula is C21H21F3N2O4. The van der Waals surface area contributed by atoms with Gasteiger partial charge in [-0.2, -0.15) is 0 Å². The molecule has 0 radical (unpaired) electrons. The largest absolute Gasteiger partial charge is 0.573 e. The first-order valence-corrected chi connectivity index (χ1v) is 9.46. The third kappa shape index (κ3) is 4.10. The Morgan fingerprint density at radius 3 is 2.67 bits per heavy atom. The number of alkyl halides is 3.